The van der Waals surface area contributed by atoms with Crippen molar-refractivity contribution in [3.8, 4) is 0 Å². The van der Waals surface area contributed by atoms with E-state index in [0.29, 0.717) is 5.56 Å². The molecular formula is C13H15FN2O4. The molecular weight excluding hydrogens is 267 g/mol. The van der Waals surface area contributed by atoms with E-state index in [1.165, 1.54) is 12.1 Å². The van der Waals surface area contributed by atoms with Crippen molar-refractivity contribution in [3.05, 3.63) is 29.6 Å². The number of urea groups is 1. The van der Waals surface area contributed by atoms with Crippen LogP contribution in [0.3, 0.4) is 0 Å². The van der Waals surface area contributed by atoms with Gasteiger partial charge in [-0.05, 0) is 24.6 Å². The number of rotatable bonds is 2. The topological polar surface area (TPSA) is 89.9 Å². The van der Waals surface area contributed by atoms with Crippen LogP contribution in [0.5, 0.6) is 0 Å². The quantitative estimate of drug-likeness (QED) is 0.760. The second kappa shape index (κ2) is 5.46. The van der Waals surface area contributed by atoms with Crippen molar-refractivity contribution in [2.75, 3.05) is 11.9 Å². The first-order chi connectivity index (χ1) is 9.38. The number of carboxylic acid groups (broad SMARTS) is 1. The minimum absolute atomic E-state index is 0.00892. The normalized spacial score (nSPS) is 21.9. The summed E-state index contributed by atoms with van der Waals surface area (Å²) in [6, 6.07) is 2.46. The summed E-state index contributed by atoms with van der Waals surface area (Å²) in [6.45, 7) is 1.54. The van der Waals surface area contributed by atoms with E-state index in [9.17, 15) is 19.1 Å². The van der Waals surface area contributed by atoms with Crippen molar-refractivity contribution < 1.29 is 24.2 Å². The van der Waals surface area contributed by atoms with Gasteiger partial charge in [0.1, 0.15) is 11.9 Å². The van der Waals surface area contributed by atoms with Gasteiger partial charge in [0.25, 0.3) is 0 Å². The van der Waals surface area contributed by atoms with Crippen LogP contribution in [0.25, 0.3) is 0 Å². The molecule has 1 aromatic carbocycles. The van der Waals surface area contributed by atoms with Crippen LogP contribution in [0, 0.1) is 12.7 Å². The number of aliphatic carboxylic acids is 1. The molecule has 0 bridgehead atoms. The number of likely N-dealkylation sites (tertiary alicyclic amines) is 1. The first kappa shape index (κ1) is 14.3. The Kier molecular flexibility index (Phi) is 3.89. The second-order valence-electron chi connectivity index (χ2n) is 4.79. The highest BCUT2D eigenvalue weighted by atomic mass is 19.1. The Labute approximate surface area is 114 Å². The summed E-state index contributed by atoms with van der Waals surface area (Å²) >= 11 is 0. The molecule has 1 fully saturated rings. The lowest BCUT2D eigenvalue weighted by Gasteiger charge is -2.21. The van der Waals surface area contributed by atoms with E-state index in [-0.39, 0.29) is 18.7 Å². The molecule has 108 valence electrons. The van der Waals surface area contributed by atoms with Crippen LogP contribution in [0.1, 0.15) is 12.0 Å². The van der Waals surface area contributed by atoms with Gasteiger partial charge in [0, 0.05) is 18.7 Å². The standard InChI is InChI=1S/C13H15FN2O4/c1-7-2-3-8(4-10(7)14)15-13(20)16-6-9(17)5-11(16)12(18)19/h2-4,9,11,17H,5-6H2,1H3,(H,15,20)(H,18,19)/t9?,11-/m0/s1. The van der Waals surface area contributed by atoms with E-state index in [1.54, 1.807) is 6.92 Å². The molecule has 2 amide bonds. The highest BCUT2D eigenvalue weighted by Gasteiger charge is 2.39. The second-order valence-corrected chi connectivity index (χ2v) is 4.79. The zero-order valence-electron chi connectivity index (χ0n) is 10.8. The number of carbonyl (C=O) groups excluding carboxylic acids is 1. The molecule has 7 heteroatoms. The van der Waals surface area contributed by atoms with Crippen molar-refractivity contribution in [1.29, 1.82) is 0 Å². The number of nitrogens with zero attached hydrogens (tertiary/aromatic N) is 1. The van der Waals surface area contributed by atoms with Gasteiger partial charge in [-0.25, -0.2) is 14.0 Å². The third kappa shape index (κ3) is 2.88. The average Bonchev–Trinajstić information content (AvgIpc) is 2.76. The Morgan fingerprint density at radius 1 is 1.45 bits per heavy atom. The van der Waals surface area contributed by atoms with E-state index < -0.39 is 30.0 Å². The predicted molar refractivity (Wildman–Crippen MR) is 68.9 cm³/mol. The summed E-state index contributed by atoms with van der Waals surface area (Å²) in [7, 11) is 0. The van der Waals surface area contributed by atoms with Crippen LogP contribution < -0.4 is 5.32 Å². The molecule has 6 nitrogen and oxygen atoms in total. The van der Waals surface area contributed by atoms with Gasteiger partial charge in [-0.1, -0.05) is 6.07 Å². The highest BCUT2D eigenvalue weighted by Crippen LogP contribution is 2.20. The molecule has 1 unspecified atom stereocenters. The highest BCUT2D eigenvalue weighted by molar-refractivity contribution is 5.92. The van der Waals surface area contributed by atoms with E-state index >= 15 is 0 Å². The first-order valence-electron chi connectivity index (χ1n) is 6.13. The summed E-state index contributed by atoms with van der Waals surface area (Å²) in [5.74, 6) is -1.63. The number of amides is 2. The molecule has 0 aliphatic carbocycles. The number of aliphatic hydroxyl groups is 1. The van der Waals surface area contributed by atoms with Gasteiger partial charge in [-0.15, -0.1) is 0 Å². The van der Waals surface area contributed by atoms with E-state index in [1.807, 2.05) is 0 Å². The van der Waals surface area contributed by atoms with Gasteiger partial charge < -0.3 is 20.4 Å². The smallest absolute Gasteiger partial charge is 0.326 e. The van der Waals surface area contributed by atoms with E-state index in [2.05, 4.69) is 5.32 Å². The summed E-state index contributed by atoms with van der Waals surface area (Å²) in [5, 5.41) is 20.9. The zero-order valence-corrected chi connectivity index (χ0v) is 10.8. The van der Waals surface area contributed by atoms with Crippen molar-refractivity contribution >= 4 is 17.7 Å². The Hall–Kier alpha value is -2.15. The summed E-state index contributed by atoms with van der Waals surface area (Å²) in [5.41, 5.74) is 0.687. The number of carbonyl (C=O) groups is 2. The lowest BCUT2D eigenvalue weighted by Crippen LogP contribution is -2.43. The predicted octanol–water partition coefficient (Wildman–Crippen LogP) is 1.19. The van der Waals surface area contributed by atoms with Crippen molar-refractivity contribution in [3.63, 3.8) is 0 Å². The zero-order chi connectivity index (χ0) is 14.9. The maximum absolute atomic E-state index is 13.4. The maximum Gasteiger partial charge on any atom is 0.326 e. The van der Waals surface area contributed by atoms with Crippen LogP contribution in [-0.2, 0) is 4.79 Å². The number of benzene rings is 1. The number of aryl methyl sites for hydroxylation is 1. The number of carboxylic acids is 1. The molecule has 1 aliphatic rings. The monoisotopic (exact) mass is 282 g/mol. The van der Waals surface area contributed by atoms with Crippen LogP contribution in [0.2, 0.25) is 0 Å². The molecule has 0 saturated carbocycles. The fraction of sp³-hybridized carbons (Fsp3) is 0.385. The SMILES string of the molecule is Cc1ccc(NC(=O)N2CC(O)C[C@H]2C(=O)O)cc1F. The van der Waals surface area contributed by atoms with Crippen molar-refractivity contribution in [2.24, 2.45) is 0 Å². The number of anilines is 1. The molecule has 1 aromatic rings. The molecule has 20 heavy (non-hydrogen) atoms. The minimum Gasteiger partial charge on any atom is -0.480 e. The molecule has 0 radical (unpaired) electrons. The number of aliphatic hydroxyl groups excluding tert-OH is 1. The number of hydrogen-bond acceptors (Lipinski definition) is 3. The van der Waals surface area contributed by atoms with Gasteiger partial charge in [-0.3, -0.25) is 0 Å². The first-order valence-corrected chi connectivity index (χ1v) is 6.13. The third-order valence-electron chi connectivity index (χ3n) is 3.25. The summed E-state index contributed by atoms with van der Waals surface area (Å²) < 4.78 is 13.4. The van der Waals surface area contributed by atoms with Crippen LogP contribution >= 0.6 is 0 Å². The Bertz CT molecular complexity index is 549. The lowest BCUT2D eigenvalue weighted by atomic mass is 10.2. The van der Waals surface area contributed by atoms with Crippen LogP contribution in [0.15, 0.2) is 18.2 Å². The molecule has 1 saturated heterocycles. The number of nitrogens with one attached hydrogen (secondary N) is 1. The van der Waals surface area contributed by atoms with Crippen molar-refractivity contribution in [1.82, 2.24) is 4.90 Å². The van der Waals surface area contributed by atoms with Gasteiger partial charge in [-0.2, -0.15) is 0 Å². The molecule has 1 aliphatic heterocycles. The number of halogens is 1. The molecule has 2 rings (SSSR count). The molecule has 0 aromatic heterocycles. The van der Waals surface area contributed by atoms with Gasteiger partial charge in [0.05, 0.1) is 6.10 Å². The largest absolute Gasteiger partial charge is 0.480 e. The van der Waals surface area contributed by atoms with Gasteiger partial charge in [0.2, 0.25) is 0 Å². The lowest BCUT2D eigenvalue weighted by molar-refractivity contribution is -0.141. The number of hydrogen-bond donors (Lipinski definition) is 3. The Morgan fingerprint density at radius 2 is 2.15 bits per heavy atom. The van der Waals surface area contributed by atoms with E-state index in [4.69, 9.17) is 5.11 Å². The molecule has 1 heterocycles. The molecule has 2 atom stereocenters. The maximum atomic E-state index is 13.4. The molecule has 0 spiro atoms. The average molecular weight is 282 g/mol. The van der Waals surface area contributed by atoms with Gasteiger partial charge >= 0.3 is 12.0 Å². The summed E-state index contributed by atoms with van der Waals surface area (Å²) in [6.07, 6.45) is -0.873. The van der Waals surface area contributed by atoms with Crippen molar-refractivity contribution in [2.45, 2.75) is 25.5 Å². The number of β-amino-alcohol motifs (C(OH)–C–C–N with tert-alkyl or cyclic N) is 1. The van der Waals surface area contributed by atoms with Gasteiger partial charge in [0.15, 0.2) is 0 Å². The fourth-order valence-electron chi connectivity index (χ4n) is 2.14. The van der Waals surface area contributed by atoms with Crippen LogP contribution in [0.4, 0.5) is 14.9 Å². The third-order valence-corrected chi connectivity index (χ3v) is 3.25. The Morgan fingerprint density at radius 3 is 2.75 bits per heavy atom. The Balaban J connectivity index is 2.11. The van der Waals surface area contributed by atoms with E-state index in [0.717, 1.165) is 11.0 Å². The van der Waals surface area contributed by atoms with Crippen LogP contribution in [-0.4, -0.2) is 45.8 Å². The summed E-state index contributed by atoms with van der Waals surface area (Å²) in [4.78, 5) is 24.0. The molecule has 3 N–H and O–H groups in total. The minimum atomic E-state index is -1.17. The fourth-order valence-corrected chi connectivity index (χ4v) is 2.14.